The Morgan fingerprint density at radius 3 is 2.65 bits per heavy atom. The molecule has 0 amide bonds. The molecule has 0 spiro atoms. The zero-order valence-corrected chi connectivity index (χ0v) is 11.9. The number of nitrogens with zero attached hydrogens (tertiary/aromatic N) is 2. The lowest BCUT2D eigenvalue weighted by Crippen LogP contribution is -2.20. The van der Waals surface area contributed by atoms with Gasteiger partial charge in [-0.3, -0.25) is 9.36 Å². The summed E-state index contributed by atoms with van der Waals surface area (Å²) in [6.45, 7) is 0.592. The van der Waals surface area contributed by atoms with Crippen LogP contribution >= 0.6 is 11.3 Å². The first kappa shape index (κ1) is 12.8. The Bertz CT molecular complexity index is 783. The molecule has 0 unspecified atom stereocenters. The Balaban J connectivity index is 2.31. The van der Waals surface area contributed by atoms with Crippen molar-refractivity contribution in [2.45, 2.75) is 13.0 Å². The summed E-state index contributed by atoms with van der Waals surface area (Å²) in [6, 6.07) is 5.87. The van der Waals surface area contributed by atoms with Crippen LogP contribution in [0, 0.1) is 11.3 Å². The van der Waals surface area contributed by atoms with Gasteiger partial charge in [0, 0.05) is 12.1 Å². The molecule has 0 aliphatic carbocycles. The molecule has 0 bridgehead atoms. The molecular weight excluding hydrogens is 276 g/mol. The first-order valence-corrected chi connectivity index (χ1v) is 6.90. The zero-order chi connectivity index (χ0) is 14.3. The number of hydrogen-bond donors (Lipinski definition) is 0. The van der Waals surface area contributed by atoms with Crippen molar-refractivity contribution in [3.8, 4) is 28.8 Å². The lowest BCUT2D eigenvalue weighted by atomic mass is 9.97. The fraction of sp³-hybridized carbons (Fsp3) is 0.286. The van der Waals surface area contributed by atoms with Gasteiger partial charge in [0.2, 0.25) is 0 Å². The van der Waals surface area contributed by atoms with E-state index in [1.165, 1.54) is 0 Å². The molecule has 0 N–H and O–H groups in total. The van der Waals surface area contributed by atoms with Crippen molar-refractivity contribution < 1.29 is 9.47 Å². The maximum atomic E-state index is 11.9. The van der Waals surface area contributed by atoms with Gasteiger partial charge in [-0.1, -0.05) is 11.3 Å². The highest BCUT2D eigenvalue weighted by Crippen LogP contribution is 2.39. The van der Waals surface area contributed by atoms with Gasteiger partial charge in [-0.25, -0.2) is 0 Å². The molecule has 1 aliphatic heterocycles. The van der Waals surface area contributed by atoms with Gasteiger partial charge in [0.15, 0.2) is 11.5 Å². The fourth-order valence-corrected chi connectivity index (χ4v) is 3.36. The summed E-state index contributed by atoms with van der Waals surface area (Å²) in [5.74, 6) is 1.26. The third-order valence-electron chi connectivity index (χ3n) is 3.47. The van der Waals surface area contributed by atoms with Gasteiger partial charge in [0.1, 0.15) is 10.9 Å². The molecule has 1 aliphatic rings. The Kier molecular flexibility index (Phi) is 2.99. The molecular formula is C14H12N2O3S. The van der Waals surface area contributed by atoms with E-state index in [9.17, 15) is 10.1 Å². The number of benzene rings is 1. The van der Waals surface area contributed by atoms with Crippen molar-refractivity contribution >= 4 is 11.3 Å². The summed E-state index contributed by atoms with van der Waals surface area (Å²) < 4.78 is 12.3. The number of thiazole rings is 1. The predicted molar refractivity (Wildman–Crippen MR) is 75.5 cm³/mol. The monoisotopic (exact) mass is 288 g/mol. The SMILES string of the molecule is COc1cc2c(cc1OC)-c1c(C#N)sc(=O)n1CC2. The van der Waals surface area contributed by atoms with E-state index >= 15 is 0 Å². The van der Waals surface area contributed by atoms with Gasteiger partial charge in [-0.05, 0) is 24.1 Å². The number of nitriles is 1. The summed E-state index contributed by atoms with van der Waals surface area (Å²) in [5, 5.41) is 9.21. The normalized spacial score (nSPS) is 12.2. The number of fused-ring (bicyclic) bond motifs is 3. The molecule has 0 radical (unpaired) electrons. The van der Waals surface area contributed by atoms with Crippen molar-refractivity contribution in [3.63, 3.8) is 0 Å². The summed E-state index contributed by atoms with van der Waals surface area (Å²) >= 11 is 0.991. The molecule has 3 rings (SSSR count). The zero-order valence-electron chi connectivity index (χ0n) is 11.1. The van der Waals surface area contributed by atoms with Crippen LogP contribution in [-0.4, -0.2) is 18.8 Å². The van der Waals surface area contributed by atoms with Crippen LogP contribution in [-0.2, 0) is 13.0 Å². The minimum Gasteiger partial charge on any atom is -0.493 e. The third-order valence-corrected chi connectivity index (χ3v) is 4.35. The van der Waals surface area contributed by atoms with Crippen molar-refractivity contribution in [2.75, 3.05) is 14.2 Å². The van der Waals surface area contributed by atoms with Gasteiger partial charge in [0.25, 0.3) is 0 Å². The molecule has 102 valence electrons. The molecule has 5 nitrogen and oxygen atoms in total. The number of rotatable bonds is 2. The number of hydrogen-bond acceptors (Lipinski definition) is 5. The Morgan fingerprint density at radius 1 is 1.30 bits per heavy atom. The number of methoxy groups -OCH3 is 2. The standard InChI is InChI=1S/C14H12N2O3S/c1-18-10-5-8-3-4-16-13(9(8)6-11(10)19-2)12(7-15)20-14(16)17/h5-6H,3-4H2,1-2H3. The van der Waals surface area contributed by atoms with E-state index in [1.807, 2.05) is 12.1 Å². The molecule has 0 atom stereocenters. The van der Waals surface area contributed by atoms with Crippen molar-refractivity contribution in [1.82, 2.24) is 4.57 Å². The van der Waals surface area contributed by atoms with E-state index < -0.39 is 0 Å². The van der Waals surface area contributed by atoms with Crippen molar-refractivity contribution in [3.05, 3.63) is 32.2 Å². The number of aromatic nitrogens is 1. The minimum absolute atomic E-state index is 0.0861. The third kappa shape index (κ3) is 1.71. The molecule has 2 aromatic rings. The summed E-state index contributed by atoms with van der Waals surface area (Å²) in [6.07, 6.45) is 0.740. The molecule has 1 aromatic heterocycles. The maximum absolute atomic E-state index is 11.9. The Morgan fingerprint density at radius 2 is 2.00 bits per heavy atom. The second-order valence-electron chi connectivity index (χ2n) is 4.42. The van der Waals surface area contributed by atoms with Gasteiger partial charge in [-0.15, -0.1) is 0 Å². The van der Waals surface area contributed by atoms with Gasteiger partial charge in [0.05, 0.1) is 19.9 Å². The second-order valence-corrected chi connectivity index (χ2v) is 5.39. The Hall–Kier alpha value is -2.26. The molecule has 6 heteroatoms. The highest BCUT2D eigenvalue weighted by Gasteiger charge is 2.25. The molecule has 20 heavy (non-hydrogen) atoms. The van der Waals surface area contributed by atoms with Crippen LogP contribution < -0.4 is 14.3 Å². The van der Waals surface area contributed by atoms with E-state index in [4.69, 9.17) is 9.47 Å². The van der Waals surface area contributed by atoms with E-state index in [0.717, 1.165) is 28.9 Å². The maximum Gasteiger partial charge on any atom is 0.308 e. The van der Waals surface area contributed by atoms with Crippen molar-refractivity contribution in [1.29, 1.82) is 5.26 Å². The fourth-order valence-electron chi connectivity index (χ4n) is 2.53. The van der Waals surface area contributed by atoms with Crippen LogP contribution in [0.3, 0.4) is 0 Å². The van der Waals surface area contributed by atoms with Crippen molar-refractivity contribution in [2.24, 2.45) is 0 Å². The Labute approximate surface area is 119 Å². The summed E-state index contributed by atoms with van der Waals surface area (Å²) in [4.78, 5) is 12.3. The molecule has 0 saturated heterocycles. The summed E-state index contributed by atoms with van der Waals surface area (Å²) in [7, 11) is 3.16. The van der Waals surface area contributed by atoms with E-state index in [-0.39, 0.29) is 4.87 Å². The van der Waals surface area contributed by atoms with Gasteiger partial charge < -0.3 is 9.47 Å². The molecule has 0 fully saturated rings. The van der Waals surface area contributed by atoms with Crippen LogP contribution in [0.4, 0.5) is 0 Å². The summed E-state index contributed by atoms with van der Waals surface area (Å²) in [5.41, 5.74) is 2.64. The van der Waals surface area contributed by atoms with Crippen LogP contribution in [0.1, 0.15) is 10.4 Å². The molecule has 2 heterocycles. The lowest BCUT2D eigenvalue weighted by Gasteiger charge is -2.20. The predicted octanol–water partition coefficient (Wildman–Crippen LogP) is 2.02. The van der Waals surface area contributed by atoms with Crippen LogP contribution in [0.25, 0.3) is 11.3 Å². The minimum atomic E-state index is -0.0861. The van der Waals surface area contributed by atoms with E-state index in [2.05, 4.69) is 6.07 Å². The number of aryl methyl sites for hydroxylation is 1. The first-order chi connectivity index (χ1) is 9.69. The topological polar surface area (TPSA) is 64.2 Å². The van der Waals surface area contributed by atoms with Crippen LogP contribution in [0.5, 0.6) is 11.5 Å². The average molecular weight is 288 g/mol. The highest BCUT2D eigenvalue weighted by atomic mass is 32.1. The largest absolute Gasteiger partial charge is 0.493 e. The first-order valence-electron chi connectivity index (χ1n) is 6.08. The van der Waals surface area contributed by atoms with Gasteiger partial charge in [-0.2, -0.15) is 5.26 Å². The number of ether oxygens (including phenoxy) is 2. The van der Waals surface area contributed by atoms with Gasteiger partial charge >= 0.3 is 4.87 Å². The average Bonchev–Trinajstić information content (AvgIpc) is 2.82. The molecule has 1 aromatic carbocycles. The molecule has 0 saturated carbocycles. The lowest BCUT2D eigenvalue weighted by molar-refractivity contribution is 0.354. The van der Waals surface area contributed by atoms with Crippen LogP contribution in [0.2, 0.25) is 0 Å². The van der Waals surface area contributed by atoms with E-state index in [1.54, 1.807) is 18.8 Å². The van der Waals surface area contributed by atoms with E-state index in [0.29, 0.717) is 28.6 Å². The quantitative estimate of drug-likeness (QED) is 0.848. The second kappa shape index (κ2) is 4.69. The highest BCUT2D eigenvalue weighted by molar-refractivity contribution is 7.10. The van der Waals surface area contributed by atoms with Crippen LogP contribution in [0.15, 0.2) is 16.9 Å². The smallest absolute Gasteiger partial charge is 0.308 e.